The van der Waals surface area contributed by atoms with Gasteiger partial charge in [0.05, 0.1) is 16.3 Å². The number of benzodiazepines with no additional fused rings is 1. The molecule has 7 heteroatoms. The van der Waals surface area contributed by atoms with Crippen LogP contribution in [-0.2, 0) is 4.79 Å². The van der Waals surface area contributed by atoms with E-state index in [1.807, 2.05) is 38.1 Å². The summed E-state index contributed by atoms with van der Waals surface area (Å²) in [7, 11) is 1.66. The Balaban J connectivity index is 2.23. The minimum Gasteiger partial charge on any atom is -0.382 e. The van der Waals surface area contributed by atoms with Crippen LogP contribution in [0.25, 0.3) is 0 Å². The molecule has 3 rings (SSSR count). The summed E-state index contributed by atoms with van der Waals surface area (Å²) < 4.78 is 0. The number of amides is 1. The maximum Gasteiger partial charge on any atom is 0.270 e. The van der Waals surface area contributed by atoms with E-state index in [1.54, 1.807) is 13.1 Å². The summed E-state index contributed by atoms with van der Waals surface area (Å²) in [4.78, 5) is 29.1. The van der Waals surface area contributed by atoms with Crippen molar-refractivity contribution in [3.8, 4) is 0 Å². The number of para-hydroxylation sites is 1. The summed E-state index contributed by atoms with van der Waals surface area (Å²) in [6.45, 7) is 4.05. The van der Waals surface area contributed by atoms with Crippen molar-refractivity contribution in [3.63, 3.8) is 0 Å². The van der Waals surface area contributed by atoms with Crippen LogP contribution in [0, 0.1) is 10.1 Å². The van der Waals surface area contributed by atoms with Gasteiger partial charge < -0.3 is 10.2 Å². The van der Waals surface area contributed by atoms with Gasteiger partial charge in [-0.2, -0.15) is 0 Å². The van der Waals surface area contributed by atoms with E-state index in [-0.39, 0.29) is 24.2 Å². The van der Waals surface area contributed by atoms with Gasteiger partial charge in [0, 0.05) is 42.0 Å². The molecule has 0 atom stereocenters. The van der Waals surface area contributed by atoms with E-state index in [1.165, 1.54) is 17.0 Å². The molecule has 0 spiro atoms. The number of nitrogens with zero attached hydrogens (tertiary/aromatic N) is 3. The quantitative estimate of drug-likeness (QED) is 0.676. The number of rotatable bonds is 4. The lowest BCUT2D eigenvalue weighted by molar-refractivity contribution is -0.384. The fraction of sp³-hybridized carbons (Fsp3) is 0.263. The van der Waals surface area contributed by atoms with Crippen LogP contribution in [0.15, 0.2) is 47.5 Å². The highest BCUT2D eigenvalue weighted by Crippen LogP contribution is 2.31. The Kier molecular flexibility index (Phi) is 4.71. The minimum absolute atomic E-state index is 0.00960. The zero-order valence-corrected chi connectivity index (χ0v) is 14.9. The van der Waals surface area contributed by atoms with Gasteiger partial charge in [-0.05, 0) is 26.0 Å². The lowest BCUT2D eigenvalue weighted by atomic mass is 9.98. The van der Waals surface area contributed by atoms with Crippen molar-refractivity contribution in [1.82, 2.24) is 0 Å². The molecule has 0 saturated heterocycles. The van der Waals surface area contributed by atoms with Crippen LogP contribution in [-0.4, -0.2) is 36.2 Å². The van der Waals surface area contributed by atoms with Crippen molar-refractivity contribution in [2.24, 2.45) is 4.99 Å². The van der Waals surface area contributed by atoms with Crippen molar-refractivity contribution < 1.29 is 9.72 Å². The van der Waals surface area contributed by atoms with E-state index in [4.69, 9.17) is 0 Å². The molecular formula is C19H20N4O3. The molecule has 1 amide bonds. The van der Waals surface area contributed by atoms with E-state index in [0.717, 1.165) is 11.3 Å². The second-order valence-electron chi connectivity index (χ2n) is 6.42. The molecule has 26 heavy (non-hydrogen) atoms. The number of hydrogen-bond donors (Lipinski definition) is 1. The monoisotopic (exact) mass is 352 g/mol. The predicted octanol–water partition coefficient (Wildman–Crippen LogP) is 3.23. The number of hydrogen-bond acceptors (Lipinski definition) is 5. The highest BCUT2D eigenvalue weighted by atomic mass is 16.6. The van der Waals surface area contributed by atoms with Crippen molar-refractivity contribution in [2.75, 3.05) is 23.8 Å². The summed E-state index contributed by atoms with van der Waals surface area (Å²) in [6, 6.07) is 12.3. The molecule has 0 aromatic heterocycles. The molecule has 1 N–H and O–H groups in total. The van der Waals surface area contributed by atoms with Gasteiger partial charge >= 0.3 is 0 Å². The molecule has 2 aromatic carbocycles. The largest absolute Gasteiger partial charge is 0.382 e. The molecule has 7 nitrogen and oxygen atoms in total. The molecule has 0 fully saturated rings. The maximum absolute atomic E-state index is 12.3. The summed E-state index contributed by atoms with van der Waals surface area (Å²) >= 11 is 0. The minimum atomic E-state index is -0.442. The lowest BCUT2D eigenvalue weighted by Gasteiger charge is -2.19. The number of fused-ring (bicyclic) bond motifs is 1. The molecular weight excluding hydrogens is 332 g/mol. The molecule has 0 saturated carbocycles. The van der Waals surface area contributed by atoms with Gasteiger partial charge in [0.15, 0.2) is 0 Å². The number of non-ortho nitro benzene ring substituents is 1. The number of nitro benzene ring substituents is 1. The second-order valence-corrected chi connectivity index (χ2v) is 6.42. The lowest BCUT2D eigenvalue weighted by Crippen LogP contribution is -2.27. The zero-order valence-electron chi connectivity index (χ0n) is 14.9. The van der Waals surface area contributed by atoms with Crippen LogP contribution in [0.1, 0.15) is 25.0 Å². The van der Waals surface area contributed by atoms with Gasteiger partial charge in [0.25, 0.3) is 5.69 Å². The van der Waals surface area contributed by atoms with Crippen molar-refractivity contribution in [2.45, 2.75) is 19.9 Å². The predicted molar refractivity (Wildman–Crippen MR) is 102 cm³/mol. The van der Waals surface area contributed by atoms with Gasteiger partial charge in [-0.3, -0.25) is 19.9 Å². The molecule has 2 aromatic rings. The molecule has 0 bridgehead atoms. The van der Waals surface area contributed by atoms with Crippen LogP contribution in [0.3, 0.4) is 0 Å². The van der Waals surface area contributed by atoms with Gasteiger partial charge in [0.1, 0.15) is 6.54 Å². The first-order chi connectivity index (χ1) is 12.4. The molecule has 1 heterocycles. The van der Waals surface area contributed by atoms with Crippen LogP contribution in [0.2, 0.25) is 0 Å². The Morgan fingerprint density at radius 2 is 1.92 bits per heavy atom. The van der Waals surface area contributed by atoms with Crippen LogP contribution in [0.5, 0.6) is 0 Å². The third-order valence-electron chi connectivity index (χ3n) is 4.18. The standard InChI is InChI=1S/C19H20N4O3/c1-12(2)21-16-7-5-4-6-14(16)19-15-10-13(23(25)26)8-9-17(15)22(3)18(24)11-20-19/h4-10,12,21H,11H2,1-3H3. The van der Waals surface area contributed by atoms with E-state index in [0.29, 0.717) is 17.0 Å². The highest BCUT2D eigenvalue weighted by Gasteiger charge is 2.26. The summed E-state index contributed by atoms with van der Waals surface area (Å²) in [5, 5.41) is 14.6. The fourth-order valence-electron chi connectivity index (χ4n) is 2.95. The first kappa shape index (κ1) is 17.6. The first-order valence-electron chi connectivity index (χ1n) is 8.34. The number of likely N-dealkylation sites (N-methyl/N-ethyl adjacent to an activating group) is 1. The van der Waals surface area contributed by atoms with E-state index >= 15 is 0 Å². The van der Waals surface area contributed by atoms with E-state index in [2.05, 4.69) is 10.3 Å². The first-order valence-corrected chi connectivity index (χ1v) is 8.34. The van der Waals surface area contributed by atoms with Crippen molar-refractivity contribution in [1.29, 1.82) is 0 Å². The van der Waals surface area contributed by atoms with Gasteiger partial charge in [-0.15, -0.1) is 0 Å². The molecule has 1 aliphatic rings. The van der Waals surface area contributed by atoms with Crippen molar-refractivity contribution >= 4 is 28.7 Å². The zero-order chi connectivity index (χ0) is 18.8. The molecule has 1 aliphatic heterocycles. The Morgan fingerprint density at radius 3 is 2.62 bits per heavy atom. The Morgan fingerprint density at radius 1 is 1.19 bits per heavy atom. The van der Waals surface area contributed by atoms with Crippen LogP contribution >= 0.6 is 0 Å². The van der Waals surface area contributed by atoms with Gasteiger partial charge in [-0.1, -0.05) is 18.2 Å². The average molecular weight is 352 g/mol. The van der Waals surface area contributed by atoms with Crippen molar-refractivity contribution in [3.05, 3.63) is 63.7 Å². The third-order valence-corrected chi connectivity index (χ3v) is 4.18. The fourth-order valence-corrected chi connectivity index (χ4v) is 2.95. The number of anilines is 2. The molecule has 0 unspecified atom stereocenters. The van der Waals surface area contributed by atoms with Gasteiger partial charge in [0.2, 0.25) is 5.91 Å². The summed E-state index contributed by atoms with van der Waals surface area (Å²) in [6.07, 6.45) is 0. The number of benzene rings is 2. The highest BCUT2D eigenvalue weighted by molar-refractivity contribution is 6.21. The van der Waals surface area contributed by atoms with Gasteiger partial charge in [-0.25, -0.2) is 0 Å². The number of nitro groups is 1. The second kappa shape index (κ2) is 6.95. The Labute approximate surface area is 151 Å². The Hall–Kier alpha value is -3.22. The van der Waals surface area contributed by atoms with E-state index in [9.17, 15) is 14.9 Å². The van der Waals surface area contributed by atoms with Crippen LogP contribution in [0.4, 0.5) is 17.1 Å². The normalized spacial score (nSPS) is 13.9. The molecule has 134 valence electrons. The SMILES string of the molecule is CC(C)Nc1ccccc1C1=NCC(=O)N(C)c2ccc([N+](=O)[O-])cc21. The average Bonchev–Trinajstić information content (AvgIpc) is 2.72. The topological polar surface area (TPSA) is 87.8 Å². The number of carbonyl (C=O) groups excluding carboxylic acids is 1. The summed E-state index contributed by atoms with van der Waals surface area (Å²) in [5.74, 6) is -0.163. The number of aliphatic imine (C=N–C) groups is 1. The Bertz CT molecular complexity index is 905. The molecule has 0 aliphatic carbocycles. The van der Waals surface area contributed by atoms with E-state index < -0.39 is 4.92 Å². The number of nitrogens with one attached hydrogen (secondary N) is 1. The summed E-state index contributed by atoms with van der Waals surface area (Å²) in [5.41, 5.74) is 3.40. The smallest absolute Gasteiger partial charge is 0.270 e. The van der Waals surface area contributed by atoms with Crippen LogP contribution < -0.4 is 10.2 Å². The number of carbonyl (C=O) groups is 1. The third kappa shape index (κ3) is 3.28. The molecule has 0 radical (unpaired) electrons. The maximum atomic E-state index is 12.3.